The van der Waals surface area contributed by atoms with Crippen molar-refractivity contribution in [2.24, 2.45) is 0 Å². The van der Waals surface area contributed by atoms with Crippen molar-refractivity contribution in [3.8, 4) is 17.6 Å². The molecular formula is C17H18N2O2. The largest absolute Gasteiger partial charge is 0.496 e. The molecule has 2 rings (SSSR count). The summed E-state index contributed by atoms with van der Waals surface area (Å²) < 4.78 is 10.6. The molecule has 21 heavy (non-hydrogen) atoms. The van der Waals surface area contributed by atoms with E-state index >= 15 is 0 Å². The Balaban J connectivity index is 2.00. The molecule has 0 fully saturated rings. The van der Waals surface area contributed by atoms with Gasteiger partial charge in [0, 0.05) is 17.8 Å². The first-order valence-corrected chi connectivity index (χ1v) is 6.70. The molecule has 0 bridgehead atoms. The van der Waals surface area contributed by atoms with Gasteiger partial charge in [0.2, 0.25) is 0 Å². The molecule has 4 nitrogen and oxygen atoms in total. The minimum atomic E-state index is 0.0628. The van der Waals surface area contributed by atoms with E-state index < -0.39 is 0 Å². The third-order valence-electron chi connectivity index (χ3n) is 3.08. The molecule has 0 amide bonds. The number of hydrogen-bond donors (Lipinski definition) is 1. The molecule has 4 heteroatoms. The van der Waals surface area contributed by atoms with Gasteiger partial charge >= 0.3 is 0 Å². The van der Waals surface area contributed by atoms with Crippen LogP contribution in [0.15, 0.2) is 42.5 Å². The Hall–Kier alpha value is -2.67. The van der Waals surface area contributed by atoms with Crippen LogP contribution in [0, 0.1) is 18.3 Å². The number of rotatable bonds is 6. The van der Waals surface area contributed by atoms with Crippen molar-refractivity contribution in [3.05, 3.63) is 53.6 Å². The second kappa shape index (κ2) is 7.20. The second-order valence-corrected chi connectivity index (χ2v) is 4.64. The smallest absolute Gasteiger partial charge is 0.174 e. The first-order valence-electron chi connectivity index (χ1n) is 6.70. The zero-order valence-electron chi connectivity index (χ0n) is 12.2. The van der Waals surface area contributed by atoms with Crippen molar-refractivity contribution in [1.29, 1.82) is 5.26 Å². The quantitative estimate of drug-likeness (QED) is 0.880. The highest BCUT2D eigenvalue weighted by Gasteiger charge is 2.03. The average Bonchev–Trinajstić information content (AvgIpc) is 2.52. The highest BCUT2D eigenvalue weighted by molar-refractivity contribution is 5.48. The molecule has 0 radical (unpaired) electrons. The van der Waals surface area contributed by atoms with Crippen LogP contribution in [0.5, 0.6) is 11.5 Å². The van der Waals surface area contributed by atoms with Crippen LogP contribution in [0.3, 0.4) is 0 Å². The Morgan fingerprint density at radius 3 is 2.57 bits per heavy atom. The van der Waals surface area contributed by atoms with E-state index in [0.29, 0.717) is 12.3 Å². The summed E-state index contributed by atoms with van der Waals surface area (Å²) in [5.74, 6) is 1.57. The van der Waals surface area contributed by atoms with Crippen molar-refractivity contribution in [3.63, 3.8) is 0 Å². The summed E-state index contributed by atoms with van der Waals surface area (Å²) in [4.78, 5) is 0. The summed E-state index contributed by atoms with van der Waals surface area (Å²) in [5, 5.41) is 11.8. The Morgan fingerprint density at radius 2 is 1.90 bits per heavy atom. The molecule has 0 unspecified atom stereocenters. The predicted molar refractivity (Wildman–Crippen MR) is 82.6 cm³/mol. The van der Waals surface area contributed by atoms with Crippen LogP contribution in [0.2, 0.25) is 0 Å². The number of nitriles is 1. The van der Waals surface area contributed by atoms with E-state index in [4.69, 9.17) is 14.7 Å². The summed E-state index contributed by atoms with van der Waals surface area (Å²) in [6, 6.07) is 15.6. The van der Waals surface area contributed by atoms with Gasteiger partial charge in [-0.1, -0.05) is 17.7 Å². The molecule has 0 saturated heterocycles. The van der Waals surface area contributed by atoms with E-state index in [1.165, 1.54) is 5.56 Å². The van der Waals surface area contributed by atoms with Gasteiger partial charge in [0.05, 0.1) is 7.11 Å². The lowest BCUT2D eigenvalue weighted by atomic mass is 10.1. The third-order valence-corrected chi connectivity index (χ3v) is 3.08. The number of anilines is 1. The maximum Gasteiger partial charge on any atom is 0.174 e. The van der Waals surface area contributed by atoms with Crippen LogP contribution in [0.1, 0.15) is 11.1 Å². The number of methoxy groups -OCH3 is 1. The molecule has 0 heterocycles. The van der Waals surface area contributed by atoms with Crippen molar-refractivity contribution < 1.29 is 9.47 Å². The van der Waals surface area contributed by atoms with E-state index in [1.807, 2.05) is 42.5 Å². The maximum absolute atomic E-state index is 8.46. The summed E-state index contributed by atoms with van der Waals surface area (Å²) in [7, 11) is 1.68. The Bertz CT molecular complexity index is 630. The van der Waals surface area contributed by atoms with Crippen LogP contribution >= 0.6 is 0 Å². The number of nitrogens with one attached hydrogen (secondary N) is 1. The van der Waals surface area contributed by atoms with Crippen LogP contribution in [0.25, 0.3) is 0 Å². The van der Waals surface area contributed by atoms with Crippen LogP contribution in [-0.4, -0.2) is 13.7 Å². The number of ether oxygens (including phenoxy) is 2. The highest BCUT2D eigenvalue weighted by atomic mass is 16.5. The fourth-order valence-electron chi connectivity index (χ4n) is 2.03. The summed E-state index contributed by atoms with van der Waals surface area (Å²) in [6.07, 6.45) is 0. The summed E-state index contributed by atoms with van der Waals surface area (Å²) >= 11 is 0. The van der Waals surface area contributed by atoms with Gasteiger partial charge in [0.1, 0.15) is 17.6 Å². The lowest BCUT2D eigenvalue weighted by molar-refractivity contribution is 0.368. The van der Waals surface area contributed by atoms with Gasteiger partial charge < -0.3 is 14.8 Å². The van der Waals surface area contributed by atoms with Gasteiger partial charge in [-0.15, -0.1) is 0 Å². The fraction of sp³-hybridized carbons (Fsp3) is 0.235. The first kappa shape index (κ1) is 14.7. The number of hydrogen-bond acceptors (Lipinski definition) is 4. The van der Waals surface area contributed by atoms with Crippen molar-refractivity contribution in [2.75, 3.05) is 19.0 Å². The monoisotopic (exact) mass is 282 g/mol. The molecule has 2 aromatic carbocycles. The SMILES string of the molecule is COc1ccc(C)cc1CNc1ccc(OCC#N)cc1. The van der Waals surface area contributed by atoms with Gasteiger partial charge in [-0.2, -0.15) is 5.26 Å². The van der Waals surface area contributed by atoms with Gasteiger partial charge in [0.25, 0.3) is 0 Å². The maximum atomic E-state index is 8.46. The average molecular weight is 282 g/mol. The van der Waals surface area contributed by atoms with E-state index in [9.17, 15) is 0 Å². The van der Waals surface area contributed by atoms with Crippen molar-refractivity contribution in [2.45, 2.75) is 13.5 Å². The van der Waals surface area contributed by atoms with E-state index in [1.54, 1.807) is 7.11 Å². The number of benzene rings is 2. The third kappa shape index (κ3) is 4.15. The van der Waals surface area contributed by atoms with Crippen molar-refractivity contribution >= 4 is 5.69 Å². The normalized spacial score (nSPS) is 9.76. The number of nitrogens with zero attached hydrogens (tertiary/aromatic N) is 1. The standard InChI is InChI=1S/C17H18N2O2/c1-13-3-8-17(20-2)14(11-13)12-19-15-4-6-16(7-5-15)21-10-9-18/h3-8,11,19H,10,12H2,1-2H3. The molecule has 0 atom stereocenters. The molecule has 0 aliphatic heterocycles. The Morgan fingerprint density at radius 1 is 1.14 bits per heavy atom. The first-order chi connectivity index (χ1) is 10.2. The van der Waals surface area contributed by atoms with Crippen molar-refractivity contribution in [1.82, 2.24) is 0 Å². The van der Waals surface area contributed by atoms with Gasteiger partial charge in [0.15, 0.2) is 6.61 Å². The van der Waals surface area contributed by atoms with Gasteiger partial charge in [-0.3, -0.25) is 0 Å². The Kier molecular flexibility index (Phi) is 5.05. The summed E-state index contributed by atoms with van der Waals surface area (Å²) in [5.41, 5.74) is 3.30. The van der Waals surface area contributed by atoms with Gasteiger partial charge in [-0.05, 0) is 37.3 Å². The topological polar surface area (TPSA) is 54.3 Å². The molecule has 108 valence electrons. The lowest BCUT2D eigenvalue weighted by Crippen LogP contribution is -2.02. The van der Waals surface area contributed by atoms with E-state index in [0.717, 1.165) is 17.0 Å². The molecule has 0 spiro atoms. The molecule has 0 aliphatic carbocycles. The molecule has 0 aliphatic rings. The molecular weight excluding hydrogens is 264 g/mol. The second-order valence-electron chi connectivity index (χ2n) is 4.64. The minimum Gasteiger partial charge on any atom is -0.496 e. The van der Waals surface area contributed by atoms with Crippen LogP contribution in [-0.2, 0) is 6.54 Å². The number of aryl methyl sites for hydroxylation is 1. The molecule has 2 aromatic rings. The predicted octanol–water partition coefficient (Wildman–Crippen LogP) is 3.52. The Labute approximate surface area is 124 Å². The summed E-state index contributed by atoms with van der Waals surface area (Å²) in [6.45, 7) is 2.81. The minimum absolute atomic E-state index is 0.0628. The zero-order valence-corrected chi connectivity index (χ0v) is 12.2. The fourth-order valence-corrected chi connectivity index (χ4v) is 2.03. The van der Waals surface area contributed by atoms with E-state index in [2.05, 4.69) is 18.3 Å². The van der Waals surface area contributed by atoms with Crippen LogP contribution in [0.4, 0.5) is 5.69 Å². The van der Waals surface area contributed by atoms with Gasteiger partial charge in [-0.25, -0.2) is 0 Å². The molecule has 0 saturated carbocycles. The zero-order chi connectivity index (χ0) is 15.1. The lowest BCUT2D eigenvalue weighted by Gasteiger charge is -2.12. The molecule has 0 aromatic heterocycles. The highest BCUT2D eigenvalue weighted by Crippen LogP contribution is 2.22. The van der Waals surface area contributed by atoms with E-state index in [-0.39, 0.29) is 6.61 Å². The van der Waals surface area contributed by atoms with Crippen LogP contribution < -0.4 is 14.8 Å². The molecule has 1 N–H and O–H groups in total.